The highest BCUT2D eigenvalue weighted by Gasteiger charge is 2.34. The lowest BCUT2D eigenvalue weighted by atomic mass is 9.95. The Balaban J connectivity index is 1.34. The van der Waals surface area contributed by atoms with E-state index in [1.807, 2.05) is 35.4 Å². The Morgan fingerprint density at radius 1 is 1.22 bits per heavy atom. The van der Waals surface area contributed by atoms with Crippen LogP contribution in [0, 0.1) is 0 Å². The fourth-order valence-electron chi connectivity index (χ4n) is 3.90. The highest BCUT2D eigenvalue weighted by molar-refractivity contribution is 5.82. The molecule has 0 aliphatic carbocycles. The van der Waals surface area contributed by atoms with Gasteiger partial charge in [0.2, 0.25) is 6.10 Å². The summed E-state index contributed by atoms with van der Waals surface area (Å²) in [5.74, 6) is 2.97. The molecule has 0 N–H and O–H groups in total. The Morgan fingerprint density at radius 3 is 2.78 bits per heavy atom. The number of ether oxygens (including phenoxy) is 2. The van der Waals surface area contributed by atoms with E-state index in [9.17, 15) is 4.79 Å². The molecule has 2 aliphatic heterocycles. The van der Waals surface area contributed by atoms with Crippen LogP contribution >= 0.6 is 0 Å². The van der Waals surface area contributed by atoms with Gasteiger partial charge >= 0.3 is 0 Å². The van der Waals surface area contributed by atoms with Crippen molar-refractivity contribution in [1.82, 2.24) is 14.5 Å². The molecule has 1 saturated heterocycles. The van der Waals surface area contributed by atoms with Crippen LogP contribution in [0.25, 0.3) is 0 Å². The van der Waals surface area contributed by atoms with Crippen molar-refractivity contribution < 1.29 is 14.3 Å². The minimum atomic E-state index is -0.553. The highest BCUT2D eigenvalue weighted by atomic mass is 16.6. The summed E-state index contributed by atoms with van der Waals surface area (Å²) in [4.78, 5) is 19.4. The van der Waals surface area contributed by atoms with E-state index in [0.29, 0.717) is 17.4 Å². The molecule has 0 radical (unpaired) electrons. The second-order valence-electron chi connectivity index (χ2n) is 7.30. The van der Waals surface area contributed by atoms with Crippen molar-refractivity contribution >= 4 is 5.91 Å². The number of carbonyl (C=O) groups excluding carboxylic acids is 1. The first-order chi connectivity index (χ1) is 13.3. The van der Waals surface area contributed by atoms with Crippen LogP contribution in [0.5, 0.6) is 11.5 Å². The average molecular weight is 369 g/mol. The van der Waals surface area contributed by atoms with Crippen molar-refractivity contribution in [2.24, 2.45) is 0 Å². The molecule has 0 unspecified atom stereocenters. The number of carbonyl (C=O) groups is 1. The third-order valence-corrected chi connectivity index (χ3v) is 5.46. The number of piperidine rings is 1. The zero-order valence-electron chi connectivity index (χ0n) is 15.8. The molecule has 0 saturated carbocycles. The molecule has 1 aromatic heterocycles. The van der Waals surface area contributed by atoms with E-state index in [2.05, 4.69) is 22.7 Å². The Bertz CT molecular complexity index is 780. The van der Waals surface area contributed by atoms with Crippen molar-refractivity contribution in [2.45, 2.75) is 51.2 Å². The van der Waals surface area contributed by atoms with Crippen LogP contribution < -0.4 is 9.47 Å². The Labute approximate surface area is 160 Å². The first kappa shape index (κ1) is 17.9. The van der Waals surface area contributed by atoms with E-state index in [1.54, 1.807) is 0 Å². The van der Waals surface area contributed by atoms with Gasteiger partial charge < -0.3 is 18.9 Å². The van der Waals surface area contributed by atoms with E-state index in [1.165, 1.54) is 18.7 Å². The molecule has 6 heteroatoms. The van der Waals surface area contributed by atoms with Crippen molar-refractivity contribution in [1.29, 1.82) is 0 Å². The number of hydrogen-bond acceptors (Lipinski definition) is 4. The molecular formula is C21H27N3O3. The van der Waals surface area contributed by atoms with Gasteiger partial charge in [0.15, 0.2) is 11.5 Å². The van der Waals surface area contributed by atoms with Crippen molar-refractivity contribution in [3.63, 3.8) is 0 Å². The van der Waals surface area contributed by atoms with Gasteiger partial charge in [-0.2, -0.15) is 0 Å². The van der Waals surface area contributed by atoms with Gasteiger partial charge in [0.25, 0.3) is 5.91 Å². The zero-order valence-corrected chi connectivity index (χ0v) is 15.8. The first-order valence-electron chi connectivity index (χ1n) is 9.94. The van der Waals surface area contributed by atoms with Gasteiger partial charge in [0.1, 0.15) is 12.4 Å². The quantitative estimate of drug-likeness (QED) is 0.812. The van der Waals surface area contributed by atoms with Gasteiger partial charge in [-0.15, -0.1) is 0 Å². The predicted molar refractivity (Wildman–Crippen MR) is 102 cm³/mol. The second-order valence-corrected chi connectivity index (χ2v) is 7.30. The van der Waals surface area contributed by atoms with Crippen molar-refractivity contribution in [3.05, 3.63) is 42.5 Å². The Hall–Kier alpha value is -2.50. The third-order valence-electron chi connectivity index (χ3n) is 5.46. The molecule has 2 aromatic rings. The maximum atomic E-state index is 12.9. The second kappa shape index (κ2) is 8.03. The minimum absolute atomic E-state index is 0.0253. The summed E-state index contributed by atoms with van der Waals surface area (Å²) in [7, 11) is 0. The molecule has 27 heavy (non-hydrogen) atoms. The molecule has 144 valence electrons. The third kappa shape index (κ3) is 3.80. The van der Waals surface area contributed by atoms with Gasteiger partial charge in [-0.3, -0.25) is 4.79 Å². The number of para-hydroxylation sites is 2. The van der Waals surface area contributed by atoms with Gasteiger partial charge in [0.05, 0.1) is 0 Å². The fourth-order valence-corrected chi connectivity index (χ4v) is 3.90. The number of aryl methyl sites for hydroxylation is 1. The normalized spacial score (nSPS) is 19.9. The summed E-state index contributed by atoms with van der Waals surface area (Å²) in [6, 6.07) is 7.50. The molecule has 1 fully saturated rings. The fraction of sp³-hybridized carbons (Fsp3) is 0.524. The van der Waals surface area contributed by atoms with E-state index in [4.69, 9.17) is 9.47 Å². The smallest absolute Gasteiger partial charge is 0.267 e. The lowest BCUT2D eigenvalue weighted by Crippen LogP contribution is -2.49. The average Bonchev–Trinajstić information content (AvgIpc) is 3.20. The Kier molecular flexibility index (Phi) is 5.32. The number of amides is 1. The van der Waals surface area contributed by atoms with Crippen molar-refractivity contribution in [2.75, 3.05) is 19.7 Å². The summed E-state index contributed by atoms with van der Waals surface area (Å²) < 4.78 is 13.9. The van der Waals surface area contributed by atoms with Gasteiger partial charge in [-0.1, -0.05) is 25.5 Å². The van der Waals surface area contributed by atoms with E-state index >= 15 is 0 Å². The molecule has 1 aromatic carbocycles. The van der Waals surface area contributed by atoms with Crippen LogP contribution in [0.2, 0.25) is 0 Å². The summed E-state index contributed by atoms with van der Waals surface area (Å²) in [5, 5.41) is 0. The maximum absolute atomic E-state index is 12.9. The van der Waals surface area contributed by atoms with Crippen LogP contribution in [0.15, 0.2) is 36.7 Å². The van der Waals surface area contributed by atoms with Gasteiger partial charge in [0, 0.05) is 37.9 Å². The number of imidazole rings is 1. The largest absolute Gasteiger partial charge is 0.485 e. The predicted octanol–water partition coefficient (Wildman–Crippen LogP) is 3.23. The summed E-state index contributed by atoms with van der Waals surface area (Å²) >= 11 is 0. The molecule has 6 nitrogen and oxygen atoms in total. The van der Waals surface area contributed by atoms with Gasteiger partial charge in [-0.05, 0) is 31.4 Å². The molecule has 0 spiro atoms. The van der Waals surface area contributed by atoms with Crippen LogP contribution in [0.3, 0.4) is 0 Å². The SMILES string of the molecule is CCCCn1ccnc1C1CCN(C(=O)[C@@H]2COc3ccccc3O2)CC1. The highest BCUT2D eigenvalue weighted by Crippen LogP contribution is 2.32. The molecule has 1 atom stereocenters. The lowest BCUT2D eigenvalue weighted by Gasteiger charge is -2.35. The van der Waals surface area contributed by atoms with Crippen LogP contribution in [-0.2, 0) is 11.3 Å². The maximum Gasteiger partial charge on any atom is 0.267 e. The summed E-state index contributed by atoms with van der Waals surface area (Å²) in [5.41, 5.74) is 0. The summed E-state index contributed by atoms with van der Waals surface area (Å²) in [6.45, 7) is 4.99. The number of rotatable bonds is 5. The molecule has 1 amide bonds. The van der Waals surface area contributed by atoms with E-state index < -0.39 is 6.10 Å². The minimum Gasteiger partial charge on any atom is -0.485 e. The molecule has 2 aliphatic rings. The molecule has 3 heterocycles. The number of likely N-dealkylation sites (tertiary alicyclic amines) is 1. The molecule has 0 bridgehead atoms. The Morgan fingerprint density at radius 2 is 2.00 bits per heavy atom. The number of hydrogen-bond donors (Lipinski definition) is 0. The van der Waals surface area contributed by atoms with E-state index in [-0.39, 0.29) is 12.5 Å². The topological polar surface area (TPSA) is 56.6 Å². The number of unbranched alkanes of at least 4 members (excludes halogenated alkanes) is 1. The van der Waals surface area contributed by atoms with Crippen molar-refractivity contribution in [3.8, 4) is 11.5 Å². The number of fused-ring (bicyclic) bond motifs is 1. The first-order valence-corrected chi connectivity index (χ1v) is 9.94. The van der Waals surface area contributed by atoms with E-state index in [0.717, 1.165) is 32.5 Å². The monoisotopic (exact) mass is 369 g/mol. The van der Waals surface area contributed by atoms with Gasteiger partial charge in [-0.25, -0.2) is 4.98 Å². The lowest BCUT2D eigenvalue weighted by molar-refractivity contribution is -0.142. The number of aromatic nitrogens is 2. The zero-order chi connectivity index (χ0) is 18.6. The molecular weight excluding hydrogens is 342 g/mol. The summed E-state index contributed by atoms with van der Waals surface area (Å²) in [6.07, 6.45) is 7.65. The van der Waals surface area contributed by atoms with Crippen LogP contribution in [0.4, 0.5) is 0 Å². The number of benzene rings is 1. The number of nitrogens with zero attached hydrogens (tertiary/aromatic N) is 3. The van der Waals surface area contributed by atoms with Crippen LogP contribution in [-0.4, -0.2) is 46.2 Å². The van der Waals surface area contributed by atoms with Crippen LogP contribution in [0.1, 0.15) is 44.3 Å². The molecule has 4 rings (SSSR count). The standard InChI is InChI=1S/C21H27N3O3/c1-2-3-11-23-14-10-22-20(23)16-8-12-24(13-9-16)21(25)19-15-26-17-6-4-5-7-18(17)27-19/h4-7,10,14,16,19H,2-3,8-9,11-13,15H2,1H3/t19-/m0/s1.